The average molecular weight is 192 g/mol. The van der Waals surface area contributed by atoms with E-state index in [2.05, 4.69) is 21.2 Å². The van der Waals surface area contributed by atoms with Crippen molar-refractivity contribution in [2.75, 3.05) is 5.33 Å². The zero-order chi connectivity index (χ0) is 6.69. The summed E-state index contributed by atoms with van der Waals surface area (Å²) >= 11 is 3.32. The fraction of sp³-hybridized carbons (Fsp3) is 0.833. The highest BCUT2D eigenvalue weighted by molar-refractivity contribution is 9.09. The predicted molar refractivity (Wildman–Crippen MR) is 39.6 cm³/mol. The summed E-state index contributed by atoms with van der Waals surface area (Å²) < 4.78 is 0. The molecule has 1 atom stereocenters. The van der Waals surface area contributed by atoms with Crippen LogP contribution in [-0.2, 0) is 4.79 Å². The molecule has 9 heavy (non-hydrogen) atoms. The fourth-order valence-electron chi connectivity index (χ4n) is 0.997. The SMILES string of the molecule is O=C1CCC[C@@H](CBr)N1. The van der Waals surface area contributed by atoms with Crippen LogP contribution in [0.4, 0.5) is 0 Å². The third kappa shape index (κ3) is 1.97. The van der Waals surface area contributed by atoms with Crippen molar-refractivity contribution >= 4 is 21.8 Å². The minimum atomic E-state index is 0.200. The first-order chi connectivity index (χ1) is 4.33. The number of rotatable bonds is 1. The number of amides is 1. The molecule has 0 bridgehead atoms. The van der Waals surface area contributed by atoms with Gasteiger partial charge in [-0.2, -0.15) is 0 Å². The van der Waals surface area contributed by atoms with E-state index in [4.69, 9.17) is 0 Å². The Morgan fingerprint density at radius 3 is 3.00 bits per heavy atom. The molecule has 0 aromatic carbocycles. The molecule has 0 spiro atoms. The second-order valence-corrected chi connectivity index (χ2v) is 2.96. The van der Waals surface area contributed by atoms with Crippen molar-refractivity contribution in [3.63, 3.8) is 0 Å². The minimum absolute atomic E-state index is 0.200. The lowest BCUT2D eigenvalue weighted by molar-refractivity contribution is -0.123. The van der Waals surface area contributed by atoms with Crippen molar-refractivity contribution in [2.45, 2.75) is 25.3 Å². The average Bonchev–Trinajstić information content (AvgIpc) is 1.88. The largest absolute Gasteiger partial charge is 0.353 e. The van der Waals surface area contributed by atoms with E-state index >= 15 is 0 Å². The number of nitrogens with one attached hydrogen (secondary N) is 1. The van der Waals surface area contributed by atoms with Crippen LogP contribution in [0.3, 0.4) is 0 Å². The summed E-state index contributed by atoms with van der Waals surface area (Å²) in [7, 11) is 0. The highest BCUT2D eigenvalue weighted by Crippen LogP contribution is 2.09. The van der Waals surface area contributed by atoms with Crippen molar-refractivity contribution in [2.24, 2.45) is 0 Å². The summed E-state index contributed by atoms with van der Waals surface area (Å²) in [5.74, 6) is 0.200. The molecule has 0 saturated carbocycles. The molecule has 52 valence electrons. The van der Waals surface area contributed by atoms with Crippen LogP contribution in [0.15, 0.2) is 0 Å². The van der Waals surface area contributed by atoms with E-state index < -0.39 is 0 Å². The van der Waals surface area contributed by atoms with E-state index in [1.807, 2.05) is 0 Å². The van der Waals surface area contributed by atoms with Crippen LogP contribution in [0.25, 0.3) is 0 Å². The number of hydrogen-bond donors (Lipinski definition) is 1. The highest BCUT2D eigenvalue weighted by Gasteiger charge is 2.15. The van der Waals surface area contributed by atoms with Crippen LogP contribution >= 0.6 is 15.9 Å². The van der Waals surface area contributed by atoms with Gasteiger partial charge in [-0.05, 0) is 12.8 Å². The summed E-state index contributed by atoms with van der Waals surface area (Å²) in [4.78, 5) is 10.7. The van der Waals surface area contributed by atoms with Crippen molar-refractivity contribution in [3.8, 4) is 0 Å². The van der Waals surface area contributed by atoms with Gasteiger partial charge in [0.05, 0.1) is 0 Å². The van der Waals surface area contributed by atoms with Crippen LogP contribution in [0.5, 0.6) is 0 Å². The van der Waals surface area contributed by atoms with Crippen molar-refractivity contribution in [3.05, 3.63) is 0 Å². The number of halogens is 1. The summed E-state index contributed by atoms with van der Waals surface area (Å²) in [6.45, 7) is 0. The summed E-state index contributed by atoms with van der Waals surface area (Å²) in [5, 5.41) is 3.77. The minimum Gasteiger partial charge on any atom is -0.353 e. The molecule has 1 aliphatic heterocycles. The van der Waals surface area contributed by atoms with E-state index in [9.17, 15) is 4.79 Å². The maximum absolute atomic E-state index is 10.7. The lowest BCUT2D eigenvalue weighted by Crippen LogP contribution is -2.39. The lowest BCUT2D eigenvalue weighted by Gasteiger charge is -2.20. The van der Waals surface area contributed by atoms with E-state index in [0.29, 0.717) is 12.5 Å². The second kappa shape index (κ2) is 3.20. The Hall–Kier alpha value is -0.0500. The maximum atomic E-state index is 10.7. The zero-order valence-corrected chi connectivity index (χ0v) is 6.78. The van der Waals surface area contributed by atoms with Crippen LogP contribution in [-0.4, -0.2) is 17.3 Å². The van der Waals surface area contributed by atoms with E-state index in [1.165, 1.54) is 0 Å². The molecule has 1 fully saturated rings. The van der Waals surface area contributed by atoms with Crippen molar-refractivity contribution < 1.29 is 4.79 Å². The molecule has 0 aromatic heterocycles. The Morgan fingerprint density at radius 2 is 2.56 bits per heavy atom. The topological polar surface area (TPSA) is 29.1 Å². The Morgan fingerprint density at radius 1 is 1.78 bits per heavy atom. The molecule has 0 aromatic rings. The molecule has 2 nitrogen and oxygen atoms in total. The first kappa shape index (κ1) is 7.06. The van der Waals surface area contributed by atoms with Crippen LogP contribution < -0.4 is 5.32 Å². The smallest absolute Gasteiger partial charge is 0.220 e. The Balaban J connectivity index is 2.32. The van der Waals surface area contributed by atoms with E-state index in [1.54, 1.807) is 0 Å². The standard InChI is InChI=1S/C6H10BrNO/c7-4-5-2-1-3-6(9)8-5/h5H,1-4H2,(H,8,9)/t5-/m0/s1. The molecule has 1 rings (SSSR count). The molecule has 1 amide bonds. The molecule has 1 aliphatic rings. The zero-order valence-electron chi connectivity index (χ0n) is 5.19. The molecule has 1 saturated heterocycles. The predicted octanol–water partition coefficient (Wildman–Crippen LogP) is 1.05. The van der Waals surface area contributed by atoms with Crippen LogP contribution in [0, 0.1) is 0 Å². The van der Waals surface area contributed by atoms with Gasteiger partial charge in [0.1, 0.15) is 0 Å². The maximum Gasteiger partial charge on any atom is 0.220 e. The van der Waals surface area contributed by atoms with E-state index in [-0.39, 0.29) is 5.91 Å². The van der Waals surface area contributed by atoms with Gasteiger partial charge in [-0.3, -0.25) is 4.79 Å². The van der Waals surface area contributed by atoms with Crippen LogP contribution in [0.2, 0.25) is 0 Å². The third-order valence-electron chi connectivity index (χ3n) is 1.51. The van der Waals surface area contributed by atoms with Gasteiger partial charge in [0, 0.05) is 17.8 Å². The third-order valence-corrected chi connectivity index (χ3v) is 2.29. The Labute approximate surface area is 63.1 Å². The van der Waals surface area contributed by atoms with Crippen molar-refractivity contribution in [1.29, 1.82) is 0 Å². The van der Waals surface area contributed by atoms with E-state index in [0.717, 1.165) is 18.2 Å². The van der Waals surface area contributed by atoms with Gasteiger partial charge < -0.3 is 5.32 Å². The van der Waals surface area contributed by atoms with Gasteiger partial charge in [-0.1, -0.05) is 15.9 Å². The summed E-state index contributed by atoms with van der Waals surface area (Å²) in [6, 6.07) is 0.381. The molecule has 1 heterocycles. The quantitative estimate of drug-likeness (QED) is 0.618. The van der Waals surface area contributed by atoms with Gasteiger partial charge in [-0.15, -0.1) is 0 Å². The molecular weight excluding hydrogens is 182 g/mol. The van der Waals surface area contributed by atoms with Crippen molar-refractivity contribution in [1.82, 2.24) is 5.32 Å². The summed E-state index contributed by atoms with van der Waals surface area (Å²) in [6.07, 6.45) is 2.88. The first-order valence-electron chi connectivity index (χ1n) is 3.18. The molecule has 3 heteroatoms. The second-order valence-electron chi connectivity index (χ2n) is 2.31. The van der Waals surface area contributed by atoms with Gasteiger partial charge >= 0.3 is 0 Å². The van der Waals surface area contributed by atoms with Gasteiger partial charge in [-0.25, -0.2) is 0 Å². The monoisotopic (exact) mass is 191 g/mol. The summed E-state index contributed by atoms with van der Waals surface area (Å²) in [5.41, 5.74) is 0. The number of carbonyl (C=O) groups excluding carboxylic acids is 1. The molecule has 0 unspecified atom stereocenters. The number of hydrogen-bond acceptors (Lipinski definition) is 1. The molecule has 0 aliphatic carbocycles. The number of alkyl halides is 1. The van der Waals surface area contributed by atoms with Gasteiger partial charge in [0.2, 0.25) is 5.91 Å². The Kier molecular flexibility index (Phi) is 2.51. The fourth-order valence-corrected chi connectivity index (χ4v) is 1.48. The highest BCUT2D eigenvalue weighted by atomic mass is 79.9. The van der Waals surface area contributed by atoms with Gasteiger partial charge in [0.25, 0.3) is 0 Å². The lowest BCUT2D eigenvalue weighted by atomic mass is 10.1. The first-order valence-corrected chi connectivity index (χ1v) is 4.30. The number of piperidine rings is 1. The molecule has 0 radical (unpaired) electrons. The van der Waals surface area contributed by atoms with Gasteiger partial charge in [0.15, 0.2) is 0 Å². The Bertz CT molecular complexity index is 116. The normalized spacial score (nSPS) is 27.7. The molecular formula is C6H10BrNO. The van der Waals surface area contributed by atoms with Crippen LogP contribution in [0.1, 0.15) is 19.3 Å². The number of carbonyl (C=O) groups is 1. The molecule has 1 N–H and O–H groups in total.